The zero-order chi connectivity index (χ0) is 14.5. The Morgan fingerprint density at radius 3 is 2.95 bits per heavy atom. The molecule has 0 amide bonds. The molecule has 0 spiro atoms. The third-order valence-corrected chi connectivity index (χ3v) is 3.89. The van der Waals surface area contributed by atoms with Crippen LogP contribution in [0.25, 0.3) is 0 Å². The van der Waals surface area contributed by atoms with Gasteiger partial charge in [0.25, 0.3) is 0 Å². The van der Waals surface area contributed by atoms with Crippen LogP contribution < -0.4 is 4.74 Å². The summed E-state index contributed by atoms with van der Waals surface area (Å²) in [5.74, 6) is -0.569. The van der Waals surface area contributed by atoms with Crippen LogP contribution in [0.3, 0.4) is 0 Å². The van der Waals surface area contributed by atoms with Crippen molar-refractivity contribution in [1.82, 2.24) is 4.90 Å². The molecule has 1 aliphatic rings. The fourth-order valence-electron chi connectivity index (χ4n) is 2.65. The predicted octanol–water partition coefficient (Wildman–Crippen LogP) is 1.81. The summed E-state index contributed by atoms with van der Waals surface area (Å²) in [7, 11) is 0. The Morgan fingerprint density at radius 2 is 2.35 bits per heavy atom. The molecule has 1 aromatic carbocycles. The first-order valence-electron chi connectivity index (χ1n) is 6.97. The zero-order valence-corrected chi connectivity index (χ0v) is 11.7. The summed E-state index contributed by atoms with van der Waals surface area (Å²) in [6.07, 6.45) is 0.897. The maximum atomic E-state index is 11.4. The lowest BCUT2D eigenvalue weighted by molar-refractivity contribution is -0.144. The molecule has 1 aliphatic heterocycles. The number of phenolic OH excluding ortho intramolecular Hbond substituents is 1. The summed E-state index contributed by atoms with van der Waals surface area (Å²) in [6.45, 7) is 4.95. The molecule has 5 heteroatoms. The molecule has 2 unspecified atom stereocenters. The number of carbonyl (C=O) groups is 1. The van der Waals surface area contributed by atoms with Crippen LogP contribution in [-0.4, -0.2) is 47.3 Å². The highest BCUT2D eigenvalue weighted by Gasteiger charge is 2.33. The number of carboxylic acids is 1. The van der Waals surface area contributed by atoms with E-state index in [0.29, 0.717) is 5.75 Å². The number of carboxylic acid groups (broad SMARTS) is 1. The smallest absolute Gasteiger partial charge is 0.310 e. The number of phenols is 1. The second kappa shape index (κ2) is 6.61. The summed E-state index contributed by atoms with van der Waals surface area (Å²) in [6, 6.07) is 6.43. The molecule has 0 bridgehead atoms. The van der Waals surface area contributed by atoms with Gasteiger partial charge >= 0.3 is 5.97 Å². The number of aliphatic carboxylic acids is 1. The Morgan fingerprint density at radius 1 is 1.55 bits per heavy atom. The minimum atomic E-state index is -0.812. The van der Waals surface area contributed by atoms with Crippen LogP contribution in [0.1, 0.15) is 13.3 Å². The quantitative estimate of drug-likeness (QED) is 0.831. The minimum absolute atomic E-state index is 0.118. The van der Waals surface area contributed by atoms with Gasteiger partial charge in [-0.3, -0.25) is 4.79 Å². The van der Waals surface area contributed by atoms with E-state index in [1.165, 1.54) is 6.07 Å². The number of hydrogen-bond donors (Lipinski definition) is 2. The van der Waals surface area contributed by atoms with Crippen LogP contribution in [0.4, 0.5) is 0 Å². The molecule has 20 heavy (non-hydrogen) atoms. The van der Waals surface area contributed by atoms with Gasteiger partial charge in [-0.25, -0.2) is 0 Å². The number of rotatable bonds is 6. The highest BCUT2D eigenvalue weighted by Crippen LogP contribution is 2.26. The maximum absolute atomic E-state index is 11.4. The molecule has 2 N–H and O–H groups in total. The van der Waals surface area contributed by atoms with Crippen LogP contribution in [0.5, 0.6) is 11.5 Å². The van der Waals surface area contributed by atoms with Crippen LogP contribution >= 0.6 is 0 Å². The molecule has 0 aliphatic carbocycles. The number of ether oxygens (including phenoxy) is 1. The van der Waals surface area contributed by atoms with Crippen molar-refractivity contribution < 1.29 is 19.7 Å². The molecule has 1 saturated heterocycles. The first kappa shape index (κ1) is 14.7. The van der Waals surface area contributed by atoms with Gasteiger partial charge in [-0.15, -0.1) is 0 Å². The Labute approximate surface area is 118 Å². The van der Waals surface area contributed by atoms with E-state index in [0.717, 1.165) is 26.1 Å². The second-order valence-corrected chi connectivity index (χ2v) is 5.20. The van der Waals surface area contributed by atoms with E-state index in [-0.39, 0.29) is 18.3 Å². The molecular formula is C15H21NO4. The third-order valence-electron chi connectivity index (χ3n) is 3.89. The van der Waals surface area contributed by atoms with Gasteiger partial charge in [0, 0.05) is 12.6 Å². The molecule has 1 heterocycles. The van der Waals surface area contributed by atoms with E-state index in [1.54, 1.807) is 18.2 Å². The first-order chi connectivity index (χ1) is 9.60. The average Bonchev–Trinajstić information content (AvgIpc) is 2.87. The monoisotopic (exact) mass is 279 g/mol. The van der Waals surface area contributed by atoms with Crippen LogP contribution in [0, 0.1) is 11.8 Å². The number of benzene rings is 1. The molecule has 0 aromatic heterocycles. The van der Waals surface area contributed by atoms with Crippen molar-refractivity contribution in [2.24, 2.45) is 11.8 Å². The van der Waals surface area contributed by atoms with Gasteiger partial charge in [0.1, 0.15) is 18.1 Å². The van der Waals surface area contributed by atoms with Gasteiger partial charge in [0.15, 0.2) is 0 Å². The van der Waals surface area contributed by atoms with E-state index in [2.05, 4.69) is 11.8 Å². The predicted molar refractivity (Wildman–Crippen MR) is 74.9 cm³/mol. The SMILES string of the molecule is CCN1CCC(C(COc2cccc(O)c2)C(=O)O)C1. The van der Waals surface area contributed by atoms with Crippen molar-refractivity contribution in [1.29, 1.82) is 0 Å². The molecule has 5 nitrogen and oxygen atoms in total. The molecule has 0 saturated carbocycles. The zero-order valence-electron chi connectivity index (χ0n) is 11.7. The Kier molecular flexibility index (Phi) is 4.84. The Balaban J connectivity index is 1.95. The number of likely N-dealkylation sites (tertiary alicyclic amines) is 1. The van der Waals surface area contributed by atoms with Crippen LogP contribution in [0.15, 0.2) is 24.3 Å². The van der Waals surface area contributed by atoms with Crippen molar-refractivity contribution in [3.05, 3.63) is 24.3 Å². The molecule has 0 radical (unpaired) electrons. The van der Waals surface area contributed by atoms with E-state index in [1.807, 2.05) is 0 Å². The molecular weight excluding hydrogens is 258 g/mol. The number of nitrogens with zero attached hydrogens (tertiary/aromatic N) is 1. The molecule has 1 fully saturated rings. The third kappa shape index (κ3) is 3.63. The maximum Gasteiger partial charge on any atom is 0.310 e. The minimum Gasteiger partial charge on any atom is -0.508 e. The van der Waals surface area contributed by atoms with Crippen molar-refractivity contribution >= 4 is 5.97 Å². The van der Waals surface area contributed by atoms with Gasteiger partial charge in [-0.1, -0.05) is 13.0 Å². The number of hydrogen-bond acceptors (Lipinski definition) is 4. The van der Waals surface area contributed by atoms with Crippen molar-refractivity contribution in [2.45, 2.75) is 13.3 Å². The summed E-state index contributed by atoms with van der Waals surface area (Å²) >= 11 is 0. The summed E-state index contributed by atoms with van der Waals surface area (Å²) in [5.41, 5.74) is 0. The lowest BCUT2D eigenvalue weighted by Gasteiger charge is -2.20. The molecule has 2 atom stereocenters. The number of aromatic hydroxyl groups is 1. The highest BCUT2D eigenvalue weighted by atomic mass is 16.5. The van der Waals surface area contributed by atoms with Crippen LogP contribution in [0.2, 0.25) is 0 Å². The molecule has 2 rings (SSSR count). The van der Waals surface area contributed by atoms with Gasteiger partial charge in [0.2, 0.25) is 0 Å². The largest absolute Gasteiger partial charge is 0.508 e. The molecule has 1 aromatic rings. The van der Waals surface area contributed by atoms with E-state index in [9.17, 15) is 15.0 Å². The lowest BCUT2D eigenvalue weighted by Crippen LogP contribution is -2.31. The first-order valence-corrected chi connectivity index (χ1v) is 6.97. The normalized spacial score (nSPS) is 20.8. The standard InChI is InChI=1S/C15H21NO4/c1-2-16-7-6-11(9-16)14(15(18)19)10-20-13-5-3-4-12(17)8-13/h3-5,8,11,14,17H,2,6-7,9-10H2,1H3,(H,18,19). The van der Waals surface area contributed by atoms with Crippen molar-refractivity contribution in [3.8, 4) is 11.5 Å². The molecule has 110 valence electrons. The fourth-order valence-corrected chi connectivity index (χ4v) is 2.65. The van der Waals surface area contributed by atoms with Gasteiger partial charge in [-0.2, -0.15) is 0 Å². The Bertz CT molecular complexity index is 463. The summed E-state index contributed by atoms with van der Waals surface area (Å²) < 4.78 is 5.53. The van der Waals surface area contributed by atoms with Gasteiger partial charge in [-0.05, 0) is 37.6 Å². The summed E-state index contributed by atoms with van der Waals surface area (Å²) in [4.78, 5) is 13.7. The van der Waals surface area contributed by atoms with E-state index >= 15 is 0 Å². The Hall–Kier alpha value is -1.75. The fraction of sp³-hybridized carbons (Fsp3) is 0.533. The average molecular weight is 279 g/mol. The van der Waals surface area contributed by atoms with Gasteiger partial charge < -0.3 is 19.8 Å². The van der Waals surface area contributed by atoms with Gasteiger partial charge in [0.05, 0.1) is 5.92 Å². The summed E-state index contributed by atoms with van der Waals surface area (Å²) in [5, 5.41) is 18.7. The van der Waals surface area contributed by atoms with Crippen molar-refractivity contribution in [2.75, 3.05) is 26.2 Å². The highest BCUT2D eigenvalue weighted by molar-refractivity contribution is 5.70. The lowest BCUT2D eigenvalue weighted by atomic mass is 9.92. The van der Waals surface area contributed by atoms with E-state index < -0.39 is 11.9 Å². The van der Waals surface area contributed by atoms with E-state index in [4.69, 9.17) is 4.74 Å². The van der Waals surface area contributed by atoms with Crippen LogP contribution in [-0.2, 0) is 4.79 Å². The second-order valence-electron chi connectivity index (χ2n) is 5.20. The van der Waals surface area contributed by atoms with Crippen molar-refractivity contribution in [3.63, 3.8) is 0 Å². The topological polar surface area (TPSA) is 70.0 Å².